The third kappa shape index (κ3) is 5.03. The maximum absolute atomic E-state index is 6.46. The molecule has 33 heavy (non-hydrogen) atoms. The molecule has 0 bridgehead atoms. The molecule has 4 aromatic carbocycles. The van der Waals surface area contributed by atoms with E-state index in [9.17, 15) is 0 Å². The van der Waals surface area contributed by atoms with Crippen molar-refractivity contribution in [2.24, 2.45) is 0 Å². The summed E-state index contributed by atoms with van der Waals surface area (Å²) in [6.45, 7) is 5.93. The summed E-state index contributed by atoms with van der Waals surface area (Å²) in [5, 5.41) is 3.51. The summed E-state index contributed by atoms with van der Waals surface area (Å²) < 4.78 is 0. The zero-order valence-corrected chi connectivity index (χ0v) is 22.5. The van der Waals surface area contributed by atoms with E-state index in [0.29, 0.717) is 30.1 Å². The van der Waals surface area contributed by atoms with Crippen molar-refractivity contribution in [3.05, 3.63) is 101 Å². The molecule has 4 aromatic rings. The van der Waals surface area contributed by atoms with Gasteiger partial charge in [0.25, 0.3) is 0 Å². The molecule has 0 aliphatic heterocycles. The Morgan fingerprint density at radius 1 is 0.364 bits per heavy atom. The Bertz CT molecular complexity index is 1220. The molecule has 0 atom stereocenters. The molecule has 4 rings (SSSR count). The van der Waals surface area contributed by atoms with Crippen molar-refractivity contribution in [2.45, 2.75) is 20.8 Å². The van der Waals surface area contributed by atoms with Gasteiger partial charge in [-0.15, -0.1) is 0 Å². The van der Waals surface area contributed by atoms with Crippen LogP contribution in [0.2, 0.25) is 30.1 Å². The monoisotopic (exact) mass is 552 g/mol. The molecule has 0 aromatic heterocycles. The highest BCUT2D eigenvalue weighted by atomic mass is 35.5. The van der Waals surface area contributed by atoms with Crippen molar-refractivity contribution in [3.63, 3.8) is 0 Å². The predicted molar refractivity (Wildman–Crippen MR) is 147 cm³/mol. The van der Waals surface area contributed by atoms with Crippen LogP contribution < -0.4 is 0 Å². The van der Waals surface area contributed by atoms with Gasteiger partial charge in [0.15, 0.2) is 0 Å². The lowest BCUT2D eigenvalue weighted by molar-refractivity contribution is 1.42. The summed E-state index contributed by atoms with van der Waals surface area (Å²) in [7, 11) is 0. The van der Waals surface area contributed by atoms with Crippen LogP contribution in [0.4, 0.5) is 0 Å². The molecule has 0 aliphatic carbocycles. The first-order valence-electron chi connectivity index (χ1n) is 10.1. The largest absolute Gasteiger partial charge is 0.0843 e. The highest BCUT2D eigenvalue weighted by Gasteiger charge is 2.16. The molecule has 0 fully saturated rings. The molecule has 0 N–H and O–H groups in total. The molecule has 0 radical (unpaired) electrons. The summed E-state index contributed by atoms with van der Waals surface area (Å²) in [6.07, 6.45) is 0. The standard InChI is InChI=1S/C27H18Cl6/c1-13-22(7-19(28)10-25(13)31)16-4-17(23-8-20(29)11-26(32)14(23)2)6-18(5-16)24-9-21(30)12-27(33)15(24)3/h4-12H,1-3H3. The van der Waals surface area contributed by atoms with Gasteiger partial charge in [-0.25, -0.2) is 0 Å². The summed E-state index contributed by atoms with van der Waals surface area (Å²) >= 11 is 38.5. The van der Waals surface area contributed by atoms with Crippen molar-refractivity contribution in [1.82, 2.24) is 0 Å². The van der Waals surface area contributed by atoms with Crippen LogP contribution in [0, 0.1) is 20.8 Å². The molecule has 0 aliphatic rings. The molecular weight excluding hydrogens is 537 g/mol. The van der Waals surface area contributed by atoms with E-state index in [1.807, 2.05) is 39.0 Å². The summed E-state index contributed by atoms with van der Waals surface area (Å²) in [4.78, 5) is 0. The van der Waals surface area contributed by atoms with Crippen LogP contribution in [-0.2, 0) is 0 Å². The fourth-order valence-electron chi connectivity index (χ4n) is 3.93. The second-order valence-corrected chi connectivity index (χ2v) is 10.5. The van der Waals surface area contributed by atoms with Gasteiger partial charge in [0.2, 0.25) is 0 Å². The van der Waals surface area contributed by atoms with Gasteiger partial charge in [-0.05, 0) is 125 Å². The van der Waals surface area contributed by atoms with Crippen LogP contribution in [0.15, 0.2) is 54.6 Å². The average molecular weight is 555 g/mol. The Morgan fingerprint density at radius 2 is 0.606 bits per heavy atom. The number of hydrogen-bond acceptors (Lipinski definition) is 0. The van der Waals surface area contributed by atoms with Gasteiger partial charge in [-0.2, -0.15) is 0 Å². The minimum atomic E-state index is 0.566. The maximum Gasteiger partial charge on any atom is 0.0456 e. The highest BCUT2D eigenvalue weighted by molar-refractivity contribution is 6.37. The molecule has 6 heteroatoms. The van der Waals surface area contributed by atoms with Crippen LogP contribution in [0.25, 0.3) is 33.4 Å². The van der Waals surface area contributed by atoms with Gasteiger partial charge in [-0.1, -0.05) is 69.6 Å². The van der Waals surface area contributed by atoms with Crippen molar-refractivity contribution in [1.29, 1.82) is 0 Å². The maximum atomic E-state index is 6.46. The lowest BCUT2D eigenvalue weighted by Crippen LogP contribution is -1.93. The van der Waals surface area contributed by atoms with E-state index < -0.39 is 0 Å². The van der Waals surface area contributed by atoms with E-state index >= 15 is 0 Å². The number of hydrogen-bond donors (Lipinski definition) is 0. The lowest BCUT2D eigenvalue weighted by Gasteiger charge is -2.17. The molecule has 0 heterocycles. The van der Waals surface area contributed by atoms with Crippen molar-refractivity contribution >= 4 is 69.6 Å². The fraction of sp³-hybridized carbons (Fsp3) is 0.111. The number of halogens is 6. The molecule has 0 nitrogen and oxygen atoms in total. The summed E-state index contributed by atoms with van der Waals surface area (Å²) in [5.74, 6) is 0. The van der Waals surface area contributed by atoms with E-state index in [2.05, 4.69) is 18.2 Å². The van der Waals surface area contributed by atoms with Gasteiger partial charge in [0.05, 0.1) is 0 Å². The number of rotatable bonds is 3. The van der Waals surface area contributed by atoms with E-state index in [1.165, 1.54) is 0 Å². The number of benzene rings is 4. The molecule has 0 unspecified atom stereocenters. The fourth-order valence-corrected chi connectivity index (χ4v) is 5.41. The molecule has 0 saturated carbocycles. The van der Waals surface area contributed by atoms with Crippen LogP contribution in [-0.4, -0.2) is 0 Å². The second-order valence-electron chi connectivity index (χ2n) is 7.98. The van der Waals surface area contributed by atoms with Crippen molar-refractivity contribution in [3.8, 4) is 33.4 Å². The molecule has 0 spiro atoms. The normalized spacial score (nSPS) is 11.2. The van der Waals surface area contributed by atoms with Gasteiger partial charge in [0, 0.05) is 30.1 Å². The summed E-state index contributed by atoms with van der Waals surface area (Å²) in [6, 6.07) is 17.3. The van der Waals surface area contributed by atoms with Crippen LogP contribution in [0.1, 0.15) is 16.7 Å². The summed E-state index contributed by atoms with van der Waals surface area (Å²) in [5.41, 5.74) is 8.48. The average Bonchev–Trinajstić information content (AvgIpc) is 2.75. The van der Waals surface area contributed by atoms with Crippen molar-refractivity contribution in [2.75, 3.05) is 0 Å². The zero-order chi connectivity index (χ0) is 24.0. The predicted octanol–water partition coefficient (Wildman–Crippen LogP) is 11.5. The van der Waals surface area contributed by atoms with Crippen LogP contribution in [0.3, 0.4) is 0 Å². The first kappa shape index (κ1) is 24.7. The Labute approximate surface area is 224 Å². The molecule has 168 valence electrons. The topological polar surface area (TPSA) is 0 Å². The molecule has 0 saturated heterocycles. The molecule has 0 amide bonds. The second kappa shape index (κ2) is 9.70. The van der Waals surface area contributed by atoms with Crippen LogP contribution in [0.5, 0.6) is 0 Å². The third-order valence-electron chi connectivity index (χ3n) is 5.79. The first-order valence-corrected chi connectivity index (χ1v) is 12.3. The Morgan fingerprint density at radius 3 is 0.848 bits per heavy atom. The first-order chi connectivity index (χ1) is 15.5. The van der Waals surface area contributed by atoms with Gasteiger partial charge in [0.1, 0.15) is 0 Å². The Hall–Kier alpha value is -1.38. The Balaban J connectivity index is 2.08. The minimum absolute atomic E-state index is 0.566. The smallest absolute Gasteiger partial charge is 0.0456 e. The highest BCUT2D eigenvalue weighted by Crippen LogP contribution is 2.41. The van der Waals surface area contributed by atoms with Gasteiger partial charge < -0.3 is 0 Å². The quantitative estimate of drug-likeness (QED) is 0.236. The van der Waals surface area contributed by atoms with E-state index in [0.717, 1.165) is 50.1 Å². The SMILES string of the molecule is Cc1c(Cl)cc(Cl)cc1-c1cc(-c2cc(Cl)cc(Cl)c2C)cc(-c2cc(Cl)cc(Cl)c2C)c1. The van der Waals surface area contributed by atoms with Crippen LogP contribution >= 0.6 is 69.6 Å². The van der Waals surface area contributed by atoms with E-state index in [-0.39, 0.29) is 0 Å². The van der Waals surface area contributed by atoms with Crippen molar-refractivity contribution < 1.29 is 0 Å². The zero-order valence-electron chi connectivity index (χ0n) is 18.0. The third-order valence-corrected chi connectivity index (χ3v) is 7.63. The van der Waals surface area contributed by atoms with E-state index in [1.54, 1.807) is 18.2 Å². The van der Waals surface area contributed by atoms with Gasteiger partial charge in [-0.3, -0.25) is 0 Å². The van der Waals surface area contributed by atoms with E-state index in [4.69, 9.17) is 69.6 Å². The Kier molecular flexibility index (Phi) is 7.27. The van der Waals surface area contributed by atoms with Gasteiger partial charge >= 0.3 is 0 Å². The lowest BCUT2D eigenvalue weighted by atomic mass is 9.89. The minimum Gasteiger partial charge on any atom is -0.0843 e. The molecular formula is C27H18Cl6.